The minimum atomic E-state index is -0.304. The van der Waals surface area contributed by atoms with E-state index in [0.717, 1.165) is 57.3 Å². The number of hydrogen-bond acceptors (Lipinski definition) is 4. The van der Waals surface area contributed by atoms with Gasteiger partial charge in [0.05, 0.1) is 6.04 Å². The molecule has 3 rings (SSSR count). The monoisotopic (exact) mass is 434 g/mol. The zero-order chi connectivity index (χ0) is 22.5. The third-order valence-corrected chi connectivity index (χ3v) is 7.37. The maximum Gasteiger partial charge on any atom is 0.245 e. The maximum absolute atomic E-state index is 13.6. The molecule has 3 fully saturated rings. The van der Waals surface area contributed by atoms with Crippen molar-refractivity contribution in [1.82, 2.24) is 20.0 Å². The number of rotatable bonds is 10. The fraction of sp³-hybridized carbons (Fsp3) is 0.920. The van der Waals surface area contributed by atoms with Gasteiger partial charge in [0.15, 0.2) is 0 Å². The van der Waals surface area contributed by atoms with Gasteiger partial charge < -0.3 is 20.0 Å². The second-order valence-corrected chi connectivity index (χ2v) is 11.1. The first kappa shape index (κ1) is 24.5. The summed E-state index contributed by atoms with van der Waals surface area (Å²) in [5, 5.41) is 3.38. The Balaban J connectivity index is 1.56. The Morgan fingerprint density at radius 1 is 1.06 bits per heavy atom. The highest BCUT2D eigenvalue weighted by Crippen LogP contribution is 2.28. The van der Waals surface area contributed by atoms with E-state index in [1.165, 1.54) is 25.8 Å². The molecule has 1 N–H and O–H groups in total. The van der Waals surface area contributed by atoms with Crippen LogP contribution in [0, 0.1) is 17.8 Å². The van der Waals surface area contributed by atoms with Gasteiger partial charge in [-0.3, -0.25) is 9.59 Å². The van der Waals surface area contributed by atoms with Gasteiger partial charge in [-0.1, -0.05) is 27.7 Å². The summed E-state index contributed by atoms with van der Waals surface area (Å²) in [5.41, 5.74) is 0. The number of nitrogens with one attached hydrogen (secondary N) is 1. The van der Waals surface area contributed by atoms with Crippen LogP contribution in [0.3, 0.4) is 0 Å². The maximum atomic E-state index is 13.6. The number of likely N-dealkylation sites (tertiary alicyclic amines) is 1. The molecule has 0 aromatic heterocycles. The molecule has 0 bridgehead atoms. The third-order valence-electron chi connectivity index (χ3n) is 7.37. The first-order valence-corrected chi connectivity index (χ1v) is 12.8. The Morgan fingerprint density at radius 3 is 2.32 bits per heavy atom. The van der Waals surface area contributed by atoms with Gasteiger partial charge in [-0.2, -0.15) is 0 Å². The van der Waals surface area contributed by atoms with Crippen LogP contribution in [-0.2, 0) is 9.59 Å². The highest BCUT2D eigenvalue weighted by molar-refractivity contribution is 5.90. The second-order valence-electron chi connectivity index (χ2n) is 11.1. The second kappa shape index (κ2) is 11.1. The smallest absolute Gasteiger partial charge is 0.245 e. The molecular formula is C25H46N4O2. The minimum Gasteiger partial charge on any atom is -0.341 e. The largest absolute Gasteiger partial charge is 0.341 e. The summed E-state index contributed by atoms with van der Waals surface area (Å²) < 4.78 is 0. The lowest BCUT2D eigenvalue weighted by Gasteiger charge is -2.42. The number of piperidine rings is 1. The molecule has 2 saturated heterocycles. The van der Waals surface area contributed by atoms with Gasteiger partial charge in [0.1, 0.15) is 6.04 Å². The molecule has 178 valence electrons. The van der Waals surface area contributed by atoms with E-state index in [9.17, 15) is 9.59 Å². The van der Waals surface area contributed by atoms with Crippen molar-refractivity contribution in [3.05, 3.63) is 0 Å². The van der Waals surface area contributed by atoms with Crippen LogP contribution >= 0.6 is 0 Å². The van der Waals surface area contributed by atoms with Gasteiger partial charge in [-0.05, 0) is 76.3 Å². The van der Waals surface area contributed by atoms with Crippen LogP contribution in [0.15, 0.2) is 0 Å². The van der Waals surface area contributed by atoms with Crippen LogP contribution in [0.2, 0.25) is 0 Å². The first-order chi connectivity index (χ1) is 14.8. The van der Waals surface area contributed by atoms with E-state index in [1.807, 2.05) is 4.90 Å². The van der Waals surface area contributed by atoms with E-state index >= 15 is 0 Å². The van der Waals surface area contributed by atoms with Crippen molar-refractivity contribution in [2.45, 2.75) is 90.8 Å². The van der Waals surface area contributed by atoms with Crippen molar-refractivity contribution >= 4 is 11.8 Å². The van der Waals surface area contributed by atoms with E-state index in [1.54, 1.807) is 0 Å². The molecule has 0 aromatic rings. The van der Waals surface area contributed by atoms with E-state index in [-0.39, 0.29) is 23.9 Å². The average Bonchev–Trinajstić information content (AvgIpc) is 3.57. The van der Waals surface area contributed by atoms with Crippen molar-refractivity contribution in [3.63, 3.8) is 0 Å². The molecule has 0 spiro atoms. The lowest BCUT2D eigenvalue weighted by molar-refractivity contribution is -0.150. The summed E-state index contributed by atoms with van der Waals surface area (Å²) in [5.74, 6) is 1.87. The average molecular weight is 435 g/mol. The summed E-state index contributed by atoms with van der Waals surface area (Å²) in [6, 6.07) is 0.377. The molecule has 3 aliphatic rings. The first-order valence-electron chi connectivity index (χ1n) is 12.8. The van der Waals surface area contributed by atoms with Crippen molar-refractivity contribution in [1.29, 1.82) is 0 Å². The van der Waals surface area contributed by atoms with Crippen molar-refractivity contribution in [3.8, 4) is 0 Å². The molecule has 6 nitrogen and oxygen atoms in total. The molecule has 6 heteroatoms. The number of carbonyl (C=O) groups is 2. The molecule has 2 atom stereocenters. The molecule has 2 amide bonds. The van der Waals surface area contributed by atoms with Crippen LogP contribution in [0.25, 0.3) is 0 Å². The fourth-order valence-corrected chi connectivity index (χ4v) is 5.27. The Hall–Kier alpha value is -1.14. The summed E-state index contributed by atoms with van der Waals surface area (Å²) in [7, 11) is 2.25. The van der Waals surface area contributed by atoms with Crippen LogP contribution in [0.4, 0.5) is 0 Å². The lowest BCUT2D eigenvalue weighted by Crippen LogP contribution is -2.62. The SMILES string of the molecule is CC(C)CC(C(=O)N1CCC(CCN(C)C2CC2)CC1)N1CCN[C@@H](CC(C)C)C1=O. The van der Waals surface area contributed by atoms with Crippen LogP contribution in [-0.4, -0.2) is 84.4 Å². The number of hydrogen-bond donors (Lipinski definition) is 1. The zero-order valence-electron chi connectivity index (χ0n) is 20.6. The predicted molar refractivity (Wildman–Crippen MR) is 126 cm³/mol. The molecule has 2 heterocycles. The molecule has 1 saturated carbocycles. The molecule has 31 heavy (non-hydrogen) atoms. The van der Waals surface area contributed by atoms with Gasteiger partial charge in [0.2, 0.25) is 11.8 Å². The zero-order valence-corrected chi connectivity index (χ0v) is 20.6. The van der Waals surface area contributed by atoms with Crippen LogP contribution in [0.5, 0.6) is 0 Å². The number of piperazine rings is 1. The third kappa shape index (κ3) is 6.92. The van der Waals surface area contributed by atoms with E-state index < -0.39 is 0 Å². The van der Waals surface area contributed by atoms with Crippen LogP contribution < -0.4 is 5.32 Å². The van der Waals surface area contributed by atoms with Gasteiger partial charge in [0.25, 0.3) is 0 Å². The number of nitrogens with zero attached hydrogens (tertiary/aromatic N) is 3. The summed E-state index contributed by atoms with van der Waals surface area (Å²) >= 11 is 0. The molecule has 2 aliphatic heterocycles. The Morgan fingerprint density at radius 2 is 1.74 bits per heavy atom. The number of amides is 2. The fourth-order valence-electron chi connectivity index (χ4n) is 5.27. The van der Waals surface area contributed by atoms with E-state index in [4.69, 9.17) is 0 Å². The van der Waals surface area contributed by atoms with Gasteiger partial charge in [0, 0.05) is 32.2 Å². The summed E-state index contributed by atoms with van der Waals surface area (Å²) in [6.45, 7) is 12.9. The van der Waals surface area contributed by atoms with Crippen molar-refractivity contribution in [2.24, 2.45) is 17.8 Å². The molecule has 0 radical (unpaired) electrons. The topological polar surface area (TPSA) is 55.9 Å². The predicted octanol–water partition coefficient (Wildman–Crippen LogP) is 2.97. The Labute approximate surface area is 190 Å². The standard InChI is InChI=1S/C25H46N4O2/c1-18(2)16-22-24(30)29(15-11-26-22)23(17-19(3)4)25(31)28-13-9-20(10-14-28)8-12-27(5)21-6-7-21/h18-23,26H,6-17H2,1-5H3/t22-,23?/m0/s1. The molecule has 1 aliphatic carbocycles. The molecule has 1 unspecified atom stereocenters. The van der Waals surface area contributed by atoms with E-state index in [2.05, 4.69) is 49.9 Å². The van der Waals surface area contributed by atoms with Gasteiger partial charge in [-0.25, -0.2) is 0 Å². The Kier molecular flexibility index (Phi) is 8.80. The van der Waals surface area contributed by atoms with Crippen LogP contribution in [0.1, 0.15) is 72.6 Å². The van der Waals surface area contributed by atoms with Gasteiger partial charge >= 0.3 is 0 Å². The minimum absolute atomic E-state index is 0.122. The quantitative estimate of drug-likeness (QED) is 0.574. The lowest BCUT2D eigenvalue weighted by atomic mass is 9.91. The molecule has 0 aromatic carbocycles. The van der Waals surface area contributed by atoms with Crippen molar-refractivity contribution < 1.29 is 9.59 Å². The van der Waals surface area contributed by atoms with Crippen molar-refractivity contribution in [2.75, 3.05) is 39.8 Å². The number of carbonyl (C=O) groups excluding carboxylic acids is 2. The van der Waals surface area contributed by atoms with Gasteiger partial charge in [-0.15, -0.1) is 0 Å². The van der Waals surface area contributed by atoms with E-state index in [0.29, 0.717) is 18.4 Å². The highest BCUT2D eigenvalue weighted by atomic mass is 16.2. The highest BCUT2D eigenvalue weighted by Gasteiger charge is 2.39. The normalized spacial score (nSPS) is 24.5. The Bertz CT molecular complexity index is 596. The molecular weight excluding hydrogens is 388 g/mol. The summed E-state index contributed by atoms with van der Waals surface area (Å²) in [6.07, 6.45) is 7.77. The summed E-state index contributed by atoms with van der Waals surface area (Å²) in [4.78, 5) is 33.3.